The van der Waals surface area contributed by atoms with Gasteiger partial charge in [0.2, 0.25) is 6.23 Å². The molecule has 2 fully saturated rings. The van der Waals surface area contributed by atoms with Crippen LogP contribution in [0, 0.1) is 5.92 Å². The minimum Gasteiger partial charge on any atom is -0.387 e. The van der Waals surface area contributed by atoms with E-state index in [0.29, 0.717) is 18.1 Å². The number of rotatable bonds is 2. The standard InChI is InChI=1S/C20H27ClFN4O4/c1-26(7-12(22)13-18(23)24-8-25-19(13)26)20-15(28)14(27)17(30-20)16-11-3-2-10(21)6-9(11)4-5-29-16/h2-3,6,12-17,19-20,25,27-28H,4-5,7-8H2,1H3,(H2,23,24)/q+1/t12?,13?,14-,15+,16+,17-,19?,20+,26?/m0/s1. The molecule has 1 aromatic rings. The molecule has 4 unspecified atom stereocenters. The molecule has 8 nitrogen and oxygen atoms in total. The summed E-state index contributed by atoms with van der Waals surface area (Å²) in [5.74, 6) is -0.316. The van der Waals surface area contributed by atoms with Gasteiger partial charge in [0.25, 0.3) is 0 Å². The maximum Gasteiger partial charge on any atom is 0.224 e. The summed E-state index contributed by atoms with van der Waals surface area (Å²) in [4.78, 5) is 4.12. The van der Waals surface area contributed by atoms with Crippen molar-refractivity contribution in [1.82, 2.24) is 5.32 Å². The average Bonchev–Trinajstić information content (AvgIpc) is 3.16. The molecular weight excluding hydrogens is 415 g/mol. The summed E-state index contributed by atoms with van der Waals surface area (Å²) < 4.78 is 27.2. The Labute approximate surface area is 179 Å². The van der Waals surface area contributed by atoms with Gasteiger partial charge in [0.1, 0.15) is 36.6 Å². The summed E-state index contributed by atoms with van der Waals surface area (Å²) >= 11 is 6.13. The summed E-state index contributed by atoms with van der Waals surface area (Å²) in [5.41, 5.74) is 7.90. The minimum atomic E-state index is -1.22. The second-order valence-corrected chi connectivity index (χ2v) is 9.25. The number of hydrogen-bond donors (Lipinski definition) is 4. The SMILES string of the molecule is C[N+]1([C@@H]2O[C@H]([C@@H]3OCCc4cc(Cl)ccc43)[C@@H](O)[C@H]2O)CC(F)C2C(N)=NCNC21. The van der Waals surface area contributed by atoms with E-state index in [0.717, 1.165) is 11.1 Å². The van der Waals surface area contributed by atoms with Crippen LogP contribution in [0.1, 0.15) is 17.2 Å². The number of aliphatic hydroxyl groups excluding tert-OH is 2. The molecule has 4 aliphatic heterocycles. The molecular formula is C20H27ClFN4O4+. The van der Waals surface area contributed by atoms with E-state index in [1.807, 2.05) is 19.2 Å². The predicted octanol–water partition coefficient (Wildman–Crippen LogP) is 0.0590. The fourth-order valence-corrected chi connectivity index (χ4v) is 5.79. The third kappa shape index (κ3) is 2.99. The first-order valence-electron chi connectivity index (χ1n) is 10.2. The Balaban J connectivity index is 1.44. The summed E-state index contributed by atoms with van der Waals surface area (Å²) in [6.07, 6.45) is -5.45. The Hall–Kier alpha value is -1.33. The fraction of sp³-hybridized carbons (Fsp3) is 0.650. The maximum atomic E-state index is 14.9. The van der Waals surface area contributed by atoms with Crippen LogP contribution in [0.2, 0.25) is 5.02 Å². The first kappa shape index (κ1) is 20.6. The fourth-order valence-electron chi connectivity index (χ4n) is 5.60. The molecule has 0 radical (unpaired) electrons. The molecule has 0 saturated carbocycles. The highest BCUT2D eigenvalue weighted by molar-refractivity contribution is 6.30. The number of nitrogens with zero attached hydrogens (tertiary/aromatic N) is 2. The first-order valence-corrected chi connectivity index (χ1v) is 10.6. The Morgan fingerprint density at radius 2 is 2.13 bits per heavy atom. The Morgan fingerprint density at radius 3 is 2.93 bits per heavy atom. The quantitative estimate of drug-likeness (QED) is 0.483. The third-order valence-corrected chi connectivity index (χ3v) is 7.31. The number of ether oxygens (including phenoxy) is 2. The highest BCUT2D eigenvalue weighted by Gasteiger charge is 2.64. The number of alkyl halides is 1. The van der Waals surface area contributed by atoms with Crippen molar-refractivity contribution in [3.05, 3.63) is 34.3 Å². The molecule has 5 N–H and O–H groups in total. The molecule has 0 amide bonds. The van der Waals surface area contributed by atoms with Crippen LogP contribution < -0.4 is 11.1 Å². The lowest BCUT2D eigenvalue weighted by Gasteiger charge is -2.43. The van der Waals surface area contributed by atoms with E-state index in [9.17, 15) is 14.6 Å². The number of aliphatic imine (C=N–C) groups is 1. The third-order valence-electron chi connectivity index (χ3n) is 7.07. The van der Waals surface area contributed by atoms with Crippen LogP contribution in [0.3, 0.4) is 0 Å². The molecule has 4 aliphatic rings. The van der Waals surface area contributed by atoms with Gasteiger partial charge in [-0.05, 0) is 29.7 Å². The van der Waals surface area contributed by atoms with Crippen molar-refractivity contribution in [2.75, 3.05) is 26.9 Å². The molecule has 4 heterocycles. The number of likely N-dealkylation sites (tertiary alicyclic amines) is 1. The lowest BCUT2D eigenvalue weighted by atomic mass is 9.92. The minimum absolute atomic E-state index is 0.0526. The number of likely N-dealkylation sites (N-methyl/N-ethyl adjacent to an activating group) is 1. The number of nitrogens with one attached hydrogen (secondary N) is 1. The van der Waals surface area contributed by atoms with Crippen molar-refractivity contribution in [3.8, 4) is 0 Å². The van der Waals surface area contributed by atoms with Gasteiger partial charge in [-0.15, -0.1) is 0 Å². The van der Waals surface area contributed by atoms with Crippen molar-refractivity contribution in [1.29, 1.82) is 0 Å². The molecule has 0 aliphatic carbocycles. The van der Waals surface area contributed by atoms with E-state index in [2.05, 4.69) is 10.3 Å². The van der Waals surface area contributed by atoms with E-state index in [-0.39, 0.29) is 23.5 Å². The van der Waals surface area contributed by atoms with Crippen molar-refractivity contribution in [3.63, 3.8) is 0 Å². The van der Waals surface area contributed by atoms with Gasteiger partial charge in [0, 0.05) is 5.02 Å². The topological polar surface area (TPSA) is 109 Å². The van der Waals surface area contributed by atoms with Gasteiger partial charge < -0.3 is 25.4 Å². The summed E-state index contributed by atoms with van der Waals surface area (Å²) in [7, 11) is 1.82. The summed E-state index contributed by atoms with van der Waals surface area (Å²) in [6, 6.07) is 5.54. The number of aliphatic hydroxyl groups is 2. The smallest absolute Gasteiger partial charge is 0.224 e. The van der Waals surface area contributed by atoms with Crippen LogP contribution >= 0.6 is 11.6 Å². The monoisotopic (exact) mass is 441 g/mol. The zero-order chi connectivity index (χ0) is 21.2. The molecule has 10 heteroatoms. The van der Waals surface area contributed by atoms with Gasteiger partial charge in [0.05, 0.1) is 20.3 Å². The number of hydrogen-bond acceptors (Lipinski definition) is 7. The Morgan fingerprint density at radius 1 is 1.33 bits per heavy atom. The van der Waals surface area contributed by atoms with Crippen molar-refractivity contribution < 1.29 is 28.6 Å². The summed E-state index contributed by atoms with van der Waals surface area (Å²) in [5, 5.41) is 25.7. The lowest BCUT2D eigenvalue weighted by Crippen LogP contribution is -2.66. The largest absolute Gasteiger partial charge is 0.387 e. The van der Waals surface area contributed by atoms with Crippen molar-refractivity contribution in [2.24, 2.45) is 16.6 Å². The number of amidine groups is 1. The van der Waals surface area contributed by atoms with Crippen molar-refractivity contribution in [2.45, 2.75) is 49.4 Å². The first-order chi connectivity index (χ1) is 14.3. The maximum absolute atomic E-state index is 14.9. The number of nitrogens with two attached hydrogens (primary N) is 1. The highest BCUT2D eigenvalue weighted by Crippen LogP contribution is 2.44. The molecule has 0 aromatic heterocycles. The molecule has 5 rings (SSSR count). The van der Waals surface area contributed by atoms with E-state index in [4.69, 9.17) is 26.8 Å². The van der Waals surface area contributed by atoms with Crippen LogP contribution in [0.15, 0.2) is 23.2 Å². The number of fused-ring (bicyclic) bond motifs is 2. The molecule has 9 atom stereocenters. The second kappa shape index (κ2) is 7.37. The lowest BCUT2D eigenvalue weighted by molar-refractivity contribution is -0.971. The molecule has 0 spiro atoms. The number of quaternary nitrogens is 1. The van der Waals surface area contributed by atoms with Gasteiger partial charge in [-0.2, -0.15) is 0 Å². The van der Waals surface area contributed by atoms with Crippen molar-refractivity contribution >= 4 is 17.4 Å². The number of benzene rings is 1. The van der Waals surface area contributed by atoms with E-state index >= 15 is 0 Å². The van der Waals surface area contributed by atoms with Crippen LogP contribution in [0.25, 0.3) is 0 Å². The van der Waals surface area contributed by atoms with Crippen LogP contribution in [-0.4, -0.2) is 84.3 Å². The van der Waals surface area contributed by atoms with Crippen LogP contribution in [-0.2, 0) is 15.9 Å². The molecule has 30 heavy (non-hydrogen) atoms. The van der Waals surface area contributed by atoms with E-state index in [1.54, 1.807) is 6.07 Å². The highest BCUT2D eigenvalue weighted by atomic mass is 35.5. The van der Waals surface area contributed by atoms with E-state index in [1.165, 1.54) is 0 Å². The summed E-state index contributed by atoms with van der Waals surface area (Å²) in [6.45, 7) is 0.836. The second-order valence-electron chi connectivity index (χ2n) is 8.82. The number of halogens is 2. The van der Waals surface area contributed by atoms with E-state index < -0.39 is 48.9 Å². The van der Waals surface area contributed by atoms with Gasteiger partial charge in [-0.3, -0.25) is 9.48 Å². The van der Waals surface area contributed by atoms with Crippen LogP contribution in [0.4, 0.5) is 4.39 Å². The van der Waals surface area contributed by atoms with Gasteiger partial charge in [-0.25, -0.2) is 9.71 Å². The van der Waals surface area contributed by atoms with Gasteiger partial charge >= 0.3 is 0 Å². The molecule has 1 aromatic carbocycles. The van der Waals surface area contributed by atoms with Gasteiger partial charge in [0.15, 0.2) is 18.4 Å². The zero-order valence-electron chi connectivity index (χ0n) is 16.6. The Kier molecular flexibility index (Phi) is 5.05. The van der Waals surface area contributed by atoms with Gasteiger partial charge in [-0.1, -0.05) is 17.7 Å². The molecule has 0 bridgehead atoms. The van der Waals surface area contributed by atoms with Crippen LogP contribution in [0.5, 0.6) is 0 Å². The zero-order valence-corrected chi connectivity index (χ0v) is 17.4. The normalized spacial score (nSPS) is 45.7. The average molecular weight is 442 g/mol. The Bertz CT molecular complexity index is 875. The molecule has 164 valence electrons. The molecule has 2 saturated heterocycles. The predicted molar refractivity (Wildman–Crippen MR) is 107 cm³/mol.